The molecule has 1 aliphatic heterocycles. The van der Waals surface area contributed by atoms with Crippen LogP contribution in [0.15, 0.2) is 58.0 Å². The molecular formula is C29H32N2O4S2. The van der Waals surface area contributed by atoms with E-state index in [1.54, 1.807) is 36.9 Å². The second-order valence-corrected chi connectivity index (χ2v) is 11.8. The molecule has 0 spiro atoms. The lowest BCUT2D eigenvalue weighted by molar-refractivity contribution is -0.673. The van der Waals surface area contributed by atoms with E-state index < -0.39 is 23.8 Å². The zero-order valence-corrected chi connectivity index (χ0v) is 23.4. The Morgan fingerprint density at radius 2 is 1.81 bits per heavy atom. The summed E-state index contributed by atoms with van der Waals surface area (Å²) in [7, 11) is 0. The van der Waals surface area contributed by atoms with Gasteiger partial charge in [-0.15, -0.1) is 0 Å². The Kier molecular flexibility index (Phi) is 8.09. The molecule has 2 heterocycles. The lowest BCUT2D eigenvalue weighted by Gasteiger charge is -2.25. The first kappa shape index (κ1) is 26.9. The van der Waals surface area contributed by atoms with Crippen molar-refractivity contribution < 1.29 is 24.4 Å². The molecular weight excluding hydrogens is 504 g/mol. The van der Waals surface area contributed by atoms with Gasteiger partial charge in [0.1, 0.15) is 10.6 Å². The summed E-state index contributed by atoms with van der Waals surface area (Å²) in [6, 6.07) is 12.5. The molecule has 1 aliphatic rings. The van der Waals surface area contributed by atoms with Crippen molar-refractivity contribution in [3.63, 3.8) is 0 Å². The largest absolute Gasteiger partial charge is 0.550 e. The van der Waals surface area contributed by atoms with Gasteiger partial charge in [0, 0.05) is 35.5 Å². The van der Waals surface area contributed by atoms with Crippen LogP contribution < -0.4 is 14.6 Å². The van der Waals surface area contributed by atoms with Crippen LogP contribution in [-0.4, -0.2) is 23.6 Å². The van der Waals surface area contributed by atoms with Crippen molar-refractivity contribution in [2.45, 2.75) is 52.5 Å². The van der Waals surface area contributed by atoms with E-state index in [4.69, 9.17) is 0 Å². The van der Waals surface area contributed by atoms with Gasteiger partial charge in [0.2, 0.25) is 5.52 Å². The Morgan fingerprint density at radius 3 is 2.49 bits per heavy atom. The highest BCUT2D eigenvalue weighted by molar-refractivity contribution is 8.03. The van der Waals surface area contributed by atoms with Crippen LogP contribution >= 0.6 is 23.1 Å². The lowest BCUT2D eigenvalue weighted by Crippen LogP contribution is -2.40. The number of rotatable bonds is 9. The van der Waals surface area contributed by atoms with Crippen molar-refractivity contribution in [1.82, 2.24) is 0 Å². The fourth-order valence-corrected chi connectivity index (χ4v) is 6.53. The number of aliphatic carboxylic acids is 2. The number of carboxylic acid groups (broad SMARTS) is 2. The Balaban J connectivity index is 1.78. The second-order valence-electron chi connectivity index (χ2n) is 9.72. The van der Waals surface area contributed by atoms with Crippen LogP contribution in [0, 0.1) is 25.7 Å². The fourth-order valence-electron chi connectivity index (χ4n) is 4.28. The Hall–Kier alpha value is -3.10. The van der Waals surface area contributed by atoms with Crippen molar-refractivity contribution in [3.05, 3.63) is 69.2 Å². The number of carbonyl (C=O) groups excluding carboxylic acids is 1. The molecule has 6 nitrogen and oxygen atoms in total. The standard InChI is InChI=1S/C29H32N2O4S2/c1-6-21(13-26-30(15-19(4)28(32)33)22-11-17(2)7-9-24(22)36-26)14-27-31(16-20(5)29(34)35)23-12-18(3)8-10-25(23)37-27/h7-14,19-20H,6,15-16H2,1-5H3,(H-,32,33,34,35). The van der Waals surface area contributed by atoms with Gasteiger partial charge >= 0.3 is 5.97 Å². The zero-order valence-electron chi connectivity index (χ0n) is 21.8. The molecule has 0 saturated carbocycles. The normalized spacial score (nSPS) is 16.3. The number of benzene rings is 2. The highest BCUT2D eigenvalue weighted by Gasteiger charge is 2.28. The van der Waals surface area contributed by atoms with Gasteiger partial charge in [0.25, 0.3) is 5.01 Å². The molecule has 2 atom stereocenters. The molecule has 2 unspecified atom stereocenters. The Labute approximate surface area is 225 Å². The van der Waals surface area contributed by atoms with E-state index in [1.165, 1.54) is 0 Å². The molecule has 2 aromatic carbocycles. The number of nitrogens with zero attached hydrogens (tertiary/aromatic N) is 2. The number of hydrogen-bond donors (Lipinski definition) is 1. The maximum atomic E-state index is 11.7. The van der Waals surface area contributed by atoms with E-state index in [2.05, 4.69) is 64.9 Å². The maximum Gasteiger partial charge on any atom is 0.312 e. The van der Waals surface area contributed by atoms with Gasteiger partial charge in [0.15, 0.2) is 6.54 Å². The summed E-state index contributed by atoms with van der Waals surface area (Å²) >= 11 is 3.29. The van der Waals surface area contributed by atoms with Crippen molar-refractivity contribution in [2.75, 3.05) is 11.4 Å². The van der Waals surface area contributed by atoms with Gasteiger partial charge in [0.05, 0.1) is 10.7 Å². The van der Waals surface area contributed by atoms with Crippen molar-refractivity contribution in [2.24, 2.45) is 11.8 Å². The topological polar surface area (TPSA) is 84.5 Å². The third kappa shape index (κ3) is 5.91. The average molecular weight is 537 g/mol. The first-order valence-corrected chi connectivity index (χ1v) is 14.1. The number of fused-ring (bicyclic) bond motifs is 2. The number of aryl methyl sites for hydroxylation is 2. The molecule has 1 aromatic heterocycles. The monoisotopic (exact) mass is 536 g/mol. The summed E-state index contributed by atoms with van der Waals surface area (Å²) in [5.41, 5.74) is 5.38. The summed E-state index contributed by atoms with van der Waals surface area (Å²) in [6.07, 6.45) is 5.03. The first-order chi connectivity index (χ1) is 17.6. The molecule has 0 bridgehead atoms. The van der Waals surface area contributed by atoms with E-state index in [-0.39, 0.29) is 0 Å². The van der Waals surface area contributed by atoms with E-state index >= 15 is 0 Å². The van der Waals surface area contributed by atoms with Gasteiger partial charge in [-0.05, 0) is 68.2 Å². The third-order valence-corrected chi connectivity index (χ3v) is 8.76. The van der Waals surface area contributed by atoms with Gasteiger partial charge in [-0.25, -0.2) is 0 Å². The van der Waals surface area contributed by atoms with Gasteiger partial charge in [-0.1, -0.05) is 49.1 Å². The molecule has 0 aliphatic carbocycles. The van der Waals surface area contributed by atoms with E-state index in [1.807, 2.05) is 13.8 Å². The minimum Gasteiger partial charge on any atom is -0.550 e. The molecule has 0 fully saturated rings. The fraction of sp³-hybridized carbons (Fsp3) is 0.345. The number of carboxylic acids is 2. The SMILES string of the molecule is CCC(=C/c1sc2ccc(C)cc2[n+]1CC(C)C(=O)O)/C=C1/Sc2ccc(C)cc2N1CC(C)C(=O)[O-]. The summed E-state index contributed by atoms with van der Waals surface area (Å²) in [5, 5.41) is 23.1. The first-order valence-electron chi connectivity index (χ1n) is 12.4. The van der Waals surface area contributed by atoms with E-state index in [9.17, 15) is 19.8 Å². The Bertz CT molecular complexity index is 1420. The highest BCUT2D eigenvalue weighted by Crippen LogP contribution is 2.47. The quantitative estimate of drug-likeness (QED) is 0.381. The van der Waals surface area contributed by atoms with Crippen molar-refractivity contribution in [3.8, 4) is 0 Å². The number of thiazole rings is 1. The van der Waals surface area contributed by atoms with Crippen LogP contribution in [-0.2, 0) is 16.1 Å². The van der Waals surface area contributed by atoms with Crippen LogP contribution in [0.25, 0.3) is 16.3 Å². The average Bonchev–Trinajstić information content (AvgIpc) is 3.35. The summed E-state index contributed by atoms with van der Waals surface area (Å²) in [5.74, 6) is -3.04. The predicted molar refractivity (Wildman–Crippen MR) is 148 cm³/mol. The van der Waals surface area contributed by atoms with Crippen molar-refractivity contribution in [1.29, 1.82) is 0 Å². The third-order valence-electron chi connectivity index (χ3n) is 6.53. The number of aromatic nitrogens is 1. The minimum absolute atomic E-state index is 0.326. The van der Waals surface area contributed by atoms with E-state index in [0.717, 1.165) is 54.0 Å². The molecule has 0 amide bonds. The molecule has 1 N–H and O–H groups in total. The number of hydrogen-bond acceptors (Lipinski definition) is 6. The number of carbonyl (C=O) groups is 2. The van der Waals surface area contributed by atoms with Crippen LogP contribution in [0.4, 0.5) is 5.69 Å². The van der Waals surface area contributed by atoms with E-state index in [0.29, 0.717) is 13.1 Å². The van der Waals surface area contributed by atoms with Crippen molar-refractivity contribution >= 4 is 57.0 Å². The molecule has 37 heavy (non-hydrogen) atoms. The van der Waals surface area contributed by atoms with Crippen LogP contribution in [0.3, 0.4) is 0 Å². The molecule has 4 rings (SSSR count). The maximum absolute atomic E-state index is 11.7. The Morgan fingerprint density at radius 1 is 1.11 bits per heavy atom. The van der Waals surface area contributed by atoms with Gasteiger partial charge in [-0.2, -0.15) is 4.57 Å². The van der Waals surface area contributed by atoms with Crippen LogP contribution in [0.2, 0.25) is 0 Å². The second kappa shape index (κ2) is 11.1. The zero-order chi connectivity index (χ0) is 26.9. The molecule has 194 valence electrons. The van der Waals surface area contributed by atoms with Crippen LogP contribution in [0.1, 0.15) is 43.3 Å². The van der Waals surface area contributed by atoms with Crippen LogP contribution in [0.5, 0.6) is 0 Å². The summed E-state index contributed by atoms with van der Waals surface area (Å²) < 4.78 is 3.22. The van der Waals surface area contributed by atoms with Gasteiger partial charge in [-0.3, -0.25) is 4.79 Å². The molecule has 0 saturated heterocycles. The number of anilines is 1. The molecule has 0 radical (unpaired) electrons. The molecule has 8 heteroatoms. The number of allylic oxidation sites excluding steroid dienone is 2. The highest BCUT2D eigenvalue weighted by atomic mass is 32.2. The lowest BCUT2D eigenvalue weighted by atomic mass is 10.1. The molecule has 3 aromatic rings. The van der Waals surface area contributed by atoms with Gasteiger partial charge < -0.3 is 19.9 Å². The minimum atomic E-state index is -1.06. The predicted octanol–water partition coefficient (Wildman–Crippen LogP) is 5.16. The summed E-state index contributed by atoms with van der Waals surface area (Å²) in [4.78, 5) is 26.4. The summed E-state index contributed by atoms with van der Waals surface area (Å²) in [6.45, 7) is 10.3. The smallest absolute Gasteiger partial charge is 0.312 e. The number of thioether (sulfide) groups is 1.